The summed E-state index contributed by atoms with van der Waals surface area (Å²) >= 11 is 0. The third kappa shape index (κ3) is 4.07. The predicted octanol–water partition coefficient (Wildman–Crippen LogP) is 4.28. The summed E-state index contributed by atoms with van der Waals surface area (Å²) < 4.78 is 52.8. The van der Waals surface area contributed by atoms with Crippen molar-refractivity contribution in [1.82, 2.24) is 15.1 Å². The first-order valence-corrected chi connectivity index (χ1v) is 11.1. The number of halogens is 4. The van der Waals surface area contributed by atoms with Gasteiger partial charge in [-0.25, -0.2) is 4.39 Å². The number of amides is 1. The van der Waals surface area contributed by atoms with Crippen LogP contribution < -0.4 is 0 Å². The summed E-state index contributed by atoms with van der Waals surface area (Å²) in [5.41, 5.74) is 3.73. The Labute approximate surface area is 189 Å². The zero-order valence-electron chi connectivity index (χ0n) is 18.5. The quantitative estimate of drug-likeness (QED) is 0.494. The summed E-state index contributed by atoms with van der Waals surface area (Å²) in [6.07, 6.45) is -3.51. The third-order valence-electron chi connectivity index (χ3n) is 6.95. The van der Waals surface area contributed by atoms with Gasteiger partial charge in [-0.3, -0.25) is 9.89 Å². The van der Waals surface area contributed by atoms with Crippen LogP contribution in [0, 0.1) is 11.7 Å². The smallest absolute Gasteiger partial charge is 0.382 e. The topological polar surface area (TPSA) is 69.2 Å². The molecule has 33 heavy (non-hydrogen) atoms. The lowest BCUT2D eigenvalue weighted by Gasteiger charge is -2.40. The highest BCUT2D eigenvalue weighted by Gasteiger charge is 2.49. The van der Waals surface area contributed by atoms with Crippen LogP contribution in [0.4, 0.5) is 17.6 Å². The molecular weight excluding hydrogens is 438 g/mol. The van der Waals surface area contributed by atoms with Gasteiger partial charge in [0.2, 0.25) is 5.91 Å². The molecule has 0 radical (unpaired) electrons. The molecule has 2 aliphatic rings. The first-order valence-electron chi connectivity index (χ1n) is 11.1. The summed E-state index contributed by atoms with van der Waals surface area (Å²) in [6.45, 7) is 3.07. The van der Waals surface area contributed by atoms with E-state index in [9.17, 15) is 27.5 Å². The second kappa shape index (κ2) is 8.59. The Morgan fingerprint density at radius 1 is 1.33 bits per heavy atom. The molecule has 0 bridgehead atoms. The fourth-order valence-electron chi connectivity index (χ4n) is 5.40. The molecule has 3 atom stereocenters. The Morgan fingerprint density at radius 3 is 2.67 bits per heavy atom. The van der Waals surface area contributed by atoms with E-state index < -0.39 is 36.1 Å². The number of fused-ring (bicyclic) bond motifs is 1. The molecule has 2 N–H and O–H groups in total. The van der Waals surface area contributed by atoms with Gasteiger partial charge in [-0.15, -0.1) is 0 Å². The van der Waals surface area contributed by atoms with E-state index in [1.807, 2.05) is 6.92 Å². The van der Waals surface area contributed by atoms with Crippen molar-refractivity contribution in [3.63, 3.8) is 0 Å². The molecule has 1 heterocycles. The number of alkyl halides is 3. The fraction of sp³-hybridized carbons (Fsp3) is 0.500. The summed E-state index contributed by atoms with van der Waals surface area (Å²) in [7, 11) is 0. The average molecular weight is 465 g/mol. The highest BCUT2D eigenvalue weighted by molar-refractivity contribution is 5.84. The zero-order chi connectivity index (χ0) is 24.0. The Balaban J connectivity index is 1.75. The first-order chi connectivity index (χ1) is 15.6. The minimum absolute atomic E-state index is 0.120. The zero-order valence-corrected chi connectivity index (χ0v) is 18.5. The van der Waals surface area contributed by atoms with Crippen LogP contribution in [-0.4, -0.2) is 51.5 Å². The largest absolute Gasteiger partial charge is 0.416 e. The lowest BCUT2D eigenvalue weighted by Crippen LogP contribution is -2.47. The second-order valence-corrected chi connectivity index (χ2v) is 9.02. The Kier molecular flexibility index (Phi) is 6.11. The molecule has 5 nitrogen and oxygen atoms in total. The van der Waals surface area contributed by atoms with E-state index in [1.54, 1.807) is 25.3 Å². The van der Waals surface area contributed by atoms with Gasteiger partial charge in [0.1, 0.15) is 5.82 Å². The molecule has 2 aromatic rings. The van der Waals surface area contributed by atoms with Crippen LogP contribution in [0.5, 0.6) is 0 Å². The van der Waals surface area contributed by atoms with Gasteiger partial charge in [-0.2, -0.15) is 18.3 Å². The van der Waals surface area contributed by atoms with Crippen LogP contribution in [0.3, 0.4) is 0 Å². The molecule has 2 aliphatic carbocycles. The number of hydrogen-bond donors (Lipinski definition) is 2. The molecule has 1 amide bonds. The number of carbonyl (C=O) groups excluding carboxylic acids is 1. The first kappa shape index (κ1) is 23.5. The maximum absolute atomic E-state index is 13.7. The van der Waals surface area contributed by atoms with Gasteiger partial charge in [0.05, 0.1) is 18.7 Å². The molecule has 0 saturated heterocycles. The number of nitrogens with zero attached hydrogens (tertiary/aromatic N) is 2. The molecule has 0 aliphatic heterocycles. The van der Waals surface area contributed by atoms with Crippen LogP contribution in [-0.2, 0) is 16.6 Å². The van der Waals surface area contributed by atoms with Crippen molar-refractivity contribution < 1.29 is 27.5 Å². The number of rotatable bonds is 6. The summed E-state index contributed by atoms with van der Waals surface area (Å²) in [5.74, 6) is -1.41. The molecule has 4 rings (SSSR count). The molecule has 0 fully saturated rings. The van der Waals surface area contributed by atoms with E-state index in [0.29, 0.717) is 25.7 Å². The minimum atomic E-state index is -4.80. The molecule has 1 aromatic heterocycles. The molecule has 0 saturated carbocycles. The number of H-pyrrole nitrogens is 1. The summed E-state index contributed by atoms with van der Waals surface area (Å²) in [4.78, 5) is 14.7. The molecule has 178 valence electrons. The minimum Gasteiger partial charge on any atom is -0.382 e. The number of allylic oxidation sites excluding steroid dienone is 1. The van der Waals surface area contributed by atoms with Crippen LogP contribution >= 0.6 is 0 Å². The SMILES string of the molecule is CCCN(CC(O)C(F)(F)F)C(=O)[C@@H]1CCC2=C1[C@@](C)(c1ccc(F)cc1)c1cn[nH]c1C2. The Morgan fingerprint density at radius 2 is 2.03 bits per heavy atom. The van der Waals surface area contributed by atoms with Crippen molar-refractivity contribution in [2.24, 2.45) is 5.92 Å². The molecule has 0 spiro atoms. The van der Waals surface area contributed by atoms with E-state index in [0.717, 1.165) is 32.9 Å². The van der Waals surface area contributed by atoms with E-state index >= 15 is 0 Å². The van der Waals surface area contributed by atoms with Gasteiger partial charge in [-0.05, 0) is 49.5 Å². The third-order valence-corrected chi connectivity index (χ3v) is 6.95. The monoisotopic (exact) mass is 465 g/mol. The van der Waals surface area contributed by atoms with Gasteiger partial charge < -0.3 is 10.0 Å². The van der Waals surface area contributed by atoms with E-state index in [1.165, 1.54) is 12.1 Å². The maximum Gasteiger partial charge on any atom is 0.416 e. The van der Waals surface area contributed by atoms with Gasteiger partial charge in [0.25, 0.3) is 0 Å². The number of aromatic nitrogens is 2. The number of benzene rings is 1. The Bertz CT molecular complexity index is 1060. The van der Waals surface area contributed by atoms with E-state index in [4.69, 9.17) is 0 Å². The number of aliphatic hydroxyl groups is 1. The number of carbonyl (C=O) groups is 1. The van der Waals surface area contributed by atoms with E-state index in [-0.39, 0.29) is 12.4 Å². The lowest BCUT2D eigenvalue weighted by atomic mass is 9.64. The number of nitrogens with one attached hydrogen (secondary N) is 1. The summed E-state index contributed by atoms with van der Waals surface area (Å²) in [6, 6.07) is 6.09. The van der Waals surface area contributed by atoms with Gasteiger partial charge in [-0.1, -0.05) is 24.6 Å². The number of aliphatic hydroxyl groups excluding tert-OH is 1. The van der Waals surface area contributed by atoms with Crippen molar-refractivity contribution in [3.05, 3.63) is 64.2 Å². The predicted molar refractivity (Wildman–Crippen MR) is 114 cm³/mol. The van der Waals surface area contributed by atoms with Gasteiger partial charge in [0, 0.05) is 29.6 Å². The normalized spacial score (nSPS) is 23.3. The lowest BCUT2D eigenvalue weighted by molar-refractivity contribution is -0.208. The summed E-state index contributed by atoms with van der Waals surface area (Å²) in [5, 5.41) is 16.9. The molecule has 9 heteroatoms. The van der Waals surface area contributed by atoms with Crippen molar-refractivity contribution in [3.8, 4) is 0 Å². The highest BCUT2D eigenvalue weighted by atomic mass is 19.4. The van der Waals surface area contributed by atoms with E-state index in [2.05, 4.69) is 10.2 Å². The highest BCUT2D eigenvalue weighted by Crippen LogP contribution is 2.53. The second-order valence-electron chi connectivity index (χ2n) is 9.02. The standard InChI is InChI=1S/C24H27F4N3O2/c1-3-10-31(13-20(32)24(26,27)28)22(33)17-9-4-14-11-19-18(12-29-30-19)23(2,21(14)17)15-5-7-16(25)8-6-15/h5-8,12,17,20,32H,3-4,9-11,13H2,1-2H3,(H,29,30)/t17-,20?,23+/m1/s1. The maximum atomic E-state index is 13.7. The average Bonchev–Trinajstić information content (AvgIpc) is 3.40. The molecule has 1 aromatic carbocycles. The Hall–Kier alpha value is -2.68. The number of aromatic amines is 1. The molecule has 1 unspecified atom stereocenters. The van der Waals surface area contributed by atoms with Crippen LogP contribution in [0.2, 0.25) is 0 Å². The molecular formula is C24H27F4N3O2. The van der Waals surface area contributed by atoms with Gasteiger partial charge in [0.15, 0.2) is 6.10 Å². The van der Waals surface area contributed by atoms with Crippen molar-refractivity contribution in [2.75, 3.05) is 13.1 Å². The van der Waals surface area contributed by atoms with Crippen LogP contribution in [0.25, 0.3) is 0 Å². The van der Waals surface area contributed by atoms with Crippen molar-refractivity contribution >= 4 is 5.91 Å². The van der Waals surface area contributed by atoms with Crippen molar-refractivity contribution in [1.29, 1.82) is 0 Å². The van der Waals surface area contributed by atoms with Gasteiger partial charge >= 0.3 is 6.18 Å². The van der Waals surface area contributed by atoms with Crippen molar-refractivity contribution in [2.45, 2.75) is 57.2 Å². The van der Waals surface area contributed by atoms with Crippen LogP contribution in [0.1, 0.15) is 49.9 Å². The fourth-order valence-corrected chi connectivity index (χ4v) is 5.40. The van der Waals surface area contributed by atoms with Crippen LogP contribution in [0.15, 0.2) is 41.6 Å². The number of hydrogen-bond acceptors (Lipinski definition) is 3.